The topological polar surface area (TPSA) is 105 Å². The molecular weight excluding hydrogens is 184 g/mol. The van der Waals surface area contributed by atoms with Crippen molar-refractivity contribution in [3.05, 3.63) is 23.5 Å². The molecule has 0 radical (unpaired) electrons. The molecule has 0 bridgehead atoms. The lowest BCUT2D eigenvalue weighted by molar-refractivity contribution is 0.318. The summed E-state index contributed by atoms with van der Waals surface area (Å²) in [7, 11) is 1.45. The van der Waals surface area contributed by atoms with Gasteiger partial charge in [0, 0.05) is 12.1 Å². The van der Waals surface area contributed by atoms with Gasteiger partial charge in [-0.3, -0.25) is 0 Å². The Morgan fingerprint density at radius 2 is 2.43 bits per heavy atom. The minimum Gasteiger partial charge on any atom is -0.497 e. The quantitative estimate of drug-likeness (QED) is 0.298. The number of aromatic nitrogens is 1. The number of methoxy groups -OCH3 is 1. The second kappa shape index (κ2) is 4.09. The molecule has 0 fully saturated rings. The molecule has 0 unspecified atom stereocenters. The Morgan fingerprint density at radius 3 is 2.93 bits per heavy atom. The Hall–Kier alpha value is -2.29. The Balaban J connectivity index is 3.26. The first-order valence-electron chi connectivity index (χ1n) is 3.65. The molecule has 0 saturated heterocycles. The number of pyridine rings is 1. The summed E-state index contributed by atoms with van der Waals surface area (Å²) in [6.45, 7) is 0. The van der Waals surface area contributed by atoms with E-state index in [0.717, 1.165) is 0 Å². The summed E-state index contributed by atoms with van der Waals surface area (Å²) in [4.78, 5) is 3.81. The fourth-order valence-electron chi connectivity index (χ4n) is 0.863. The zero-order valence-electron chi connectivity index (χ0n) is 7.43. The first-order chi connectivity index (χ1) is 6.71. The van der Waals surface area contributed by atoms with Gasteiger partial charge in [0.25, 0.3) is 0 Å². The zero-order valence-corrected chi connectivity index (χ0v) is 7.43. The van der Waals surface area contributed by atoms with E-state index < -0.39 is 0 Å². The number of oxime groups is 1. The smallest absolute Gasteiger partial charge is 0.188 e. The lowest BCUT2D eigenvalue weighted by Crippen LogP contribution is -2.15. The number of nitriles is 1. The number of nitrogens with zero attached hydrogens (tertiary/aromatic N) is 3. The molecule has 0 saturated carbocycles. The summed E-state index contributed by atoms with van der Waals surface area (Å²) in [6.07, 6.45) is 0. The van der Waals surface area contributed by atoms with Crippen LogP contribution in [0.4, 0.5) is 0 Å². The summed E-state index contributed by atoms with van der Waals surface area (Å²) in [5, 5.41) is 19.8. The van der Waals surface area contributed by atoms with E-state index in [1.54, 1.807) is 0 Å². The van der Waals surface area contributed by atoms with Crippen molar-refractivity contribution >= 4 is 5.84 Å². The van der Waals surface area contributed by atoms with Crippen LogP contribution >= 0.6 is 0 Å². The summed E-state index contributed by atoms with van der Waals surface area (Å²) in [6, 6.07) is 4.76. The van der Waals surface area contributed by atoms with Crippen molar-refractivity contribution in [1.29, 1.82) is 5.26 Å². The van der Waals surface area contributed by atoms with E-state index in [1.807, 2.05) is 6.07 Å². The standard InChI is InChI=1S/C8H8N4O2/c1-14-6-2-5(4-9)11-7(3-6)8(10)12-13/h2-3,13H,1H3,(H2,10,12). The second-order valence-electron chi connectivity index (χ2n) is 2.37. The lowest BCUT2D eigenvalue weighted by Gasteiger charge is -2.02. The molecule has 0 aromatic carbocycles. The fourth-order valence-corrected chi connectivity index (χ4v) is 0.863. The lowest BCUT2D eigenvalue weighted by atomic mass is 10.3. The molecule has 0 aliphatic rings. The van der Waals surface area contributed by atoms with Gasteiger partial charge in [0.2, 0.25) is 0 Å². The minimum atomic E-state index is -0.166. The number of nitrogens with two attached hydrogens (primary N) is 1. The van der Waals surface area contributed by atoms with E-state index in [1.165, 1.54) is 19.2 Å². The Kier molecular flexibility index (Phi) is 2.86. The monoisotopic (exact) mass is 192 g/mol. The maximum atomic E-state index is 8.63. The van der Waals surface area contributed by atoms with Crippen molar-refractivity contribution in [2.75, 3.05) is 7.11 Å². The summed E-state index contributed by atoms with van der Waals surface area (Å²) >= 11 is 0. The summed E-state index contributed by atoms with van der Waals surface area (Å²) < 4.78 is 4.91. The van der Waals surface area contributed by atoms with Gasteiger partial charge in [-0.1, -0.05) is 5.16 Å². The van der Waals surface area contributed by atoms with Crippen molar-refractivity contribution in [1.82, 2.24) is 4.98 Å². The zero-order chi connectivity index (χ0) is 10.6. The van der Waals surface area contributed by atoms with E-state index in [2.05, 4.69) is 10.1 Å². The maximum absolute atomic E-state index is 8.63. The van der Waals surface area contributed by atoms with Crippen LogP contribution in [-0.2, 0) is 0 Å². The molecule has 6 nitrogen and oxygen atoms in total. The van der Waals surface area contributed by atoms with Crippen LogP contribution < -0.4 is 10.5 Å². The van der Waals surface area contributed by atoms with Crippen molar-refractivity contribution in [3.8, 4) is 11.8 Å². The van der Waals surface area contributed by atoms with Gasteiger partial charge in [-0.15, -0.1) is 0 Å². The molecule has 1 aromatic rings. The van der Waals surface area contributed by atoms with Crippen LogP contribution in [-0.4, -0.2) is 23.1 Å². The molecule has 0 spiro atoms. The predicted octanol–water partition coefficient (Wildman–Crippen LogP) is 0.0564. The van der Waals surface area contributed by atoms with Crippen molar-refractivity contribution < 1.29 is 9.94 Å². The van der Waals surface area contributed by atoms with Gasteiger partial charge in [0.15, 0.2) is 5.84 Å². The number of hydrogen-bond acceptors (Lipinski definition) is 5. The Morgan fingerprint density at radius 1 is 1.71 bits per heavy atom. The minimum absolute atomic E-state index is 0.144. The Labute approximate surface area is 80.2 Å². The molecule has 0 aliphatic heterocycles. The molecular formula is C8H8N4O2. The Bertz CT molecular complexity index is 408. The highest BCUT2D eigenvalue weighted by Crippen LogP contribution is 2.12. The van der Waals surface area contributed by atoms with Gasteiger partial charge in [-0.2, -0.15) is 5.26 Å². The number of amidine groups is 1. The van der Waals surface area contributed by atoms with Gasteiger partial charge in [0.05, 0.1) is 7.11 Å². The van der Waals surface area contributed by atoms with Crippen LogP contribution in [0, 0.1) is 11.3 Å². The molecule has 0 aliphatic carbocycles. The number of hydrogen-bond donors (Lipinski definition) is 2. The van der Waals surface area contributed by atoms with Gasteiger partial charge in [-0.05, 0) is 0 Å². The average Bonchev–Trinajstić information content (AvgIpc) is 2.27. The van der Waals surface area contributed by atoms with Gasteiger partial charge in [0.1, 0.15) is 23.2 Å². The summed E-state index contributed by atoms with van der Waals surface area (Å²) in [5.41, 5.74) is 5.66. The third kappa shape index (κ3) is 1.90. The van der Waals surface area contributed by atoms with E-state index in [9.17, 15) is 0 Å². The van der Waals surface area contributed by atoms with Crippen LogP contribution in [0.5, 0.6) is 5.75 Å². The first-order valence-corrected chi connectivity index (χ1v) is 3.65. The molecule has 1 heterocycles. The third-order valence-corrected chi connectivity index (χ3v) is 1.52. The maximum Gasteiger partial charge on any atom is 0.188 e. The number of ether oxygens (including phenoxy) is 1. The van der Waals surface area contributed by atoms with Crippen LogP contribution in [0.2, 0.25) is 0 Å². The van der Waals surface area contributed by atoms with E-state index >= 15 is 0 Å². The van der Waals surface area contributed by atoms with Crippen LogP contribution in [0.25, 0.3) is 0 Å². The molecule has 0 amide bonds. The van der Waals surface area contributed by atoms with Crippen LogP contribution in [0.3, 0.4) is 0 Å². The van der Waals surface area contributed by atoms with Gasteiger partial charge >= 0.3 is 0 Å². The normalized spacial score (nSPS) is 10.7. The van der Waals surface area contributed by atoms with Crippen molar-refractivity contribution in [2.45, 2.75) is 0 Å². The van der Waals surface area contributed by atoms with Gasteiger partial charge in [-0.25, -0.2) is 4.98 Å². The third-order valence-electron chi connectivity index (χ3n) is 1.52. The predicted molar refractivity (Wildman–Crippen MR) is 48.0 cm³/mol. The number of rotatable bonds is 2. The molecule has 14 heavy (non-hydrogen) atoms. The molecule has 3 N–H and O–H groups in total. The van der Waals surface area contributed by atoms with Crippen molar-refractivity contribution in [2.24, 2.45) is 10.9 Å². The van der Waals surface area contributed by atoms with Crippen LogP contribution in [0.1, 0.15) is 11.4 Å². The second-order valence-corrected chi connectivity index (χ2v) is 2.37. The average molecular weight is 192 g/mol. The molecule has 72 valence electrons. The highest BCUT2D eigenvalue weighted by Gasteiger charge is 2.06. The SMILES string of the molecule is COc1cc(C#N)nc(C(N)=NO)c1. The van der Waals surface area contributed by atoms with Crippen LogP contribution in [0.15, 0.2) is 17.3 Å². The molecule has 0 atom stereocenters. The first kappa shape index (κ1) is 9.80. The van der Waals surface area contributed by atoms with E-state index in [0.29, 0.717) is 5.75 Å². The van der Waals surface area contributed by atoms with E-state index in [4.69, 9.17) is 20.9 Å². The molecule has 6 heteroatoms. The highest BCUT2D eigenvalue weighted by molar-refractivity contribution is 5.95. The largest absolute Gasteiger partial charge is 0.497 e. The fraction of sp³-hybridized carbons (Fsp3) is 0.125. The van der Waals surface area contributed by atoms with E-state index in [-0.39, 0.29) is 17.2 Å². The van der Waals surface area contributed by atoms with Crippen molar-refractivity contribution in [3.63, 3.8) is 0 Å². The van der Waals surface area contributed by atoms with Gasteiger partial charge < -0.3 is 15.7 Å². The molecule has 1 aromatic heterocycles. The summed E-state index contributed by atoms with van der Waals surface area (Å²) in [5.74, 6) is 0.263. The molecule has 1 rings (SSSR count). The highest BCUT2D eigenvalue weighted by atomic mass is 16.5.